The summed E-state index contributed by atoms with van der Waals surface area (Å²) in [5, 5.41) is 7.10. The van der Waals surface area contributed by atoms with E-state index in [1.807, 2.05) is 53.2 Å². The number of carbonyl (C=O) groups excluding carboxylic acids is 2. The van der Waals surface area contributed by atoms with Crippen LogP contribution in [0, 0.1) is 0 Å². The molecule has 2 aromatic heterocycles. The molecule has 138 valence electrons. The highest BCUT2D eigenvalue weighted by Crippen LogP contribution is 2.25. The molecule has 0 radical (unpaired) electrons. The van der Waals surface area contributed by atoms with Crippen LogP contribution in [0.1, 0.15) is 15.3 Å². The summed E-state index contributed by atoms with van der Waals surface area (Å²) in [6.07, 6.45) is 1.78. The highest BCUT2D eigenvalue weighted by Gasteiger charge is 2.17. The molecule has 2 heterocycles. The number of nitrogens with one attached hydrogen (secondary N) is 1. The minimum Gasteiger partial charge on any atom is -0.452 e. The van der Waals surface area contributed by atoms with Gasteiger partial charge >= 0.3 is 5.97 Å². The van der Waals surface area contributed by atoms with E-state index in [2.05, 4.69) is 5.32 Å². The summed E-state index contributed by atoms with van der Waals surface area (Å²) >= 11 is 9.03. The molecule has 1 amide bonds. The van der Waals surface area contributed by atoms with E-state index < -0.39 is 5.97 Å². The minimum atomic E-state index is -0.529. The van der Waals surface area contributed by atoms with Crippen molar-refractivity contribution in [3.05, 3.63) is 79.6 Å². The molecule has 27 heavy (non-hydrogen) atoms. The Labute approximate surface area is 170 Å². The van der Waals surface area contributed by atoms with Crippen LogP contribution in [0.2, 0.25) is 5.02 Å². The molecule has 0 atom stereocenters. The van der Waals surface area contributed by atoms with Gasteiger partial charge in [-0.1, -0.05) is 41.9 Å². The number of hydrogen-bond donors (Lipinski definition) is 1. The molecule has 0 saturated heterocycles. The number of halogens is 1. The smallest absolute Gasteiger partial charge is 0.340 e. The molecule has 0 saturated carbocycles. The number of amides is 1. The number of esters is 1. The molecule has 3 rings (SSSR count). The highest BCUT2D eigenvalue weighted by atomic mass is 35.5. The third-order valence-corrected chi connectivity index (χ3v) is 5.70. The standard InChI is InChI=1S/C20H16ClNO3S2/c21-17-7-2-1-5-14(17)12-22-19(23)13-25-20(24)16(18-8-4-10-27-18)11-15-6-3-9-26-15/h1-11H,12-13H2,(H,22,23). The lowest BCUT2D eigenvalue weighted by Crippen LogP contribution is -2.28. The lowest BCUT2D eigenvalue weighted by Gasteiger charge is -2.09. The van der Waals surface area contributed by atoms with Gasteiger partial charge in [0.25, 0.3) is 5.91 Å². The monoisotopic (exact) mass is 417 g/mol. The second-order valence-electron chi connectivity index (χ2n) is 5.50. The van der Waals surface area contributed by atoms with Gasteiger partial charge in [-0.15, -0.1) is 22.7 Å². The molecule has 4 nitrogen and oxygen atoms in total. The fourth-order valence-electron chi connectivity index (χ4n) is 2.27. The predicted octanol–water partition coefficient (Wildman–Crippen LogP) is 4.86. The summed E-state index contributed by atoms with van der Waals surface area (Å²) in [7, 11) is 0. The number of benzene rings is 1. The zero-order valence-corrected chi connectivity index (χ0v) is 16.6. The average Bonchev–Trinajstić information content (AvgIpc) is 3.37. The minimum absolute atomic E-state index is 0.277. The normalized spacial score (nSPS) is 11.2. The van der Waals surface area contributed by atoms with Crippen LogP contribution >= 0.6 is 34.3 Å². The summed E-state index contributed by atoms with van der Waals surface area (Å²) < 4.78 is 5.22. The molecule has 0 fully saturated rings. The predicted molar refractivity (Wildman–Crippen MR) is 111 cm³/mol. The Kier molecular flexibility index (Phi) is 6.81. The molecule has 1 aromatic carbocycles. The van der Waals surface area contributed by atoms with Gasteiger partial charge in [-0.3, -0.25) is 4.79 Å². The molecule has 0 aliphatic heterocycles. The Balaban J connectivity index is 1.59. The van der Waals surface area contributed by atoms with Gasteiger partial charge in [-0.25, -0.2) is 4.79 Å². The fraction of sp³-hybridized carbons (Fsp3) is 0.100. The first-order valence-corrected chi connectivity index (χ1v) is 10.2. The van der Waals surface area contributed by atoms with Crippen molar-refractivity contribution in [2.75, 3.05) is 6.61 Å². The Hall–Kier alpha value is -2.41. The van der Waals surface area contributed by atoms with E-state index in [4.69, 9.17) is 16.3 Å². The van der Waals surface area contributed by atoms with E-state index in [0.717, 1.165) is 15.3 Å². The molecule has 0 unspecified atom stereocenters. The second-order valence-corrected chi connectivity index (χ2v) is 7.83. The Morgan fingerprint density at radius 3 is 2.52 bits per heavy atom. The first kappa shape index (κ1) is 19.4. The van der Waals surface area contributed by atoms with Gasteiger partial charge in [-0.05, 0) is 40.6 Å². The van der Waals surface area contributed by atoms with Crippen molar-refractivity contribution >= 4 is 57.8 Å². The van der Waals surface area contributed by atoms with Crippen LogP contribution in [0.25, 0.3) is 11.6 Å². The quantitative estimate of drug-likeness (QED) is 0.441. The number of thiophene rings is 2. The lowest BCUT2D eigenvalue weighted by atomic mass is 10.2. The van der Waals surface area contributed by atoms with Crippen molar-refractivity contribution in [2.45, 2.75) is 6.54 Å². The van der Waals surface area contributed by atoms with Crippen LogP contribution in [0.15, 0.2) is 59.3 Å². The van der Waals surface area contributed by atoms with Crippen LogP contribution in [0.4, 0.5) is 0 Å². The topological polar surface area (TPSA) is 55.4 Å². The van der Waals surface area contributed by atoms with Crippen molar-refractivity contribution in [2.24, 2.45) is 0 Å². The number of rotatable bonds is 7. The molecule has 1 N–H and O–H groups in total. The van der Waals surface area contributed by atoms with Gasteiger partial charge in [0.05, 0.1) is 5.57 Å². The van der Waals surface area contributed by atoms with Gasteiger partial charge in [0.2, 0.25) is 0 Å². The van der Waals surface area contributed by atoms with Gasteiger partial charge < -0.3 is 10.1 Å². The average molecular weight is 418 g/mol. The van der Waals surface area contributed by atoms with Crippen molar-refractivity contribution in [1.29, 1.82) is 0 Å². The lowest BCUT2D eigenvalue weighted by molar-refractivity contribution is -0.142. The van der Waals surface area contributed by atoms with E-state index in [9.17, 15) is 9.59 Å². The van der Waals surface area contributed by atoms with Crippen molar-refractivity contribution in [3.63, 3.8) is 0 Å². The maximum absolute atomic E-state index is 12.5. The SMILES string of the molecule is O=C(COC(=O)C(=Cc1cccs1)c1cccs1)NCc1ccccc1Cl. The van der Waals surface area contributed by atoms with Gasteiger partial charge in [-0.2, -0.15) is 0 Å². The molecule has 7 heteroatoms. The Morgan fingerprint density at radius 1 is 1.04 bits per heavy atom. The maximum atomic E-state index is 12.5. The molecular weight excluding hydrogens is 402 g/mol. The van der Waals surface area contributed by atoms with Crippen LogP contribution in [-0.4, -0.2) is 18.5 Å². The first-order valence-electron chi connectivity index (χ1n) is 8.10. The third kappa shape index (κ3) is 5.53. The molecule has 0 spiro atoms. The van der Waals surface area contributed by atoms with E-state index in [-0.39, 0.29) is 19.1 Å². The first-order chi connectivity index (χ1) is 13.1. The zero-order valence-electron chi connectivity index (χ0n) is 14.2. The van der Waals surface area contributed by atoms with Crippen LogP contribution < -0.4 is 5.32 Å². The van der Waals surface area contributed by atoms with Gasteiger partial charge in [0.1, 0.15) is 0 Å². The Bertz CT molecular complexity index is 934. The zero-order chi connectivity index (χ0) is 19.1. The fourth-order valence-corrected chi connectivity index (χ4v) is 3.86. The van der Waals surface area contributed by atoms with Crippen LogP contribution in [0.5, 0.6) is 0 Å². The molecule has 0 aliphatic carbocycles. The van der Waals surface area contributed by atoms with Crippen LogP contribution in [0.3, 0.4) is 0 Å². The number of hydrogen-bond acceptors (Lipinski definition) is 5. The number of ether oxygens (including phenoxy) is 1. The summed E-state index contributed by atoms with van der Waals surface area (Å²) in [5.74, 6) is -0.913. The Morgan fingerprint density at radius 2 is 1.81 bits per heavy atom. The number of carbonyl (C=O) groups is 2. The van der Waals surface area contributed by atoms with Crippen molar-refractivity contribution in [3.8, 4) is 0 Å². The molecule has 0 aliphatic rings. The summed E-state index contributed by atoms with van der Waals surface area (Å²) in [6.45, 7) is -0.0741. The van der Waals surface area contributed by atoms with Crippen molar-refractivity contribution < 1.29 is 14.3 Å². The van der Waals surface area contributed by atoms with Crippen LogP contribution in [-0.2, 0) is 20.9 Å². The third-order valence-electron chi connectivity index (χ3n) is 3.60. The van der Waals surface area contributed by atoms with E-state index in [0.29, 0.717) is 10.6 Å². The van der Waals surface area contributed by atoms with E-state index in [1.165, 1.54) is 22.7 Å². The highest BCUT2D eigenvalue weighted by molar-refractivity contribution is 7.12. The largest absolute Gasteiger partial charge is 0.452 e. The van der Waals surface area contributed by atoms with Crippen molar-refractivity contribution in [1.82, 2.24) is 5.32 Å². The molecule has 0 bridgehead atoms. The summed E-state index contributed by atoms with van der Waals surface area (Å²) in [4.78, 5) is 26.3. The summed E-state index contributed by atoms with van der Waals surface area (Å²) in [6, 6.07) is 14.8. The van der Waals surface area contributed by atoms with Gasteiger partial charge in [0.15, 0.2) is 6.61 Å². The summed E-state index contributed by atoms with van der Waals surface area (Å²) in [5.41, 5.74) is 1.24. The molecular formula is C20H16ClNO3S2. The maximum Gasteiger partial charge on any atom is 0.340 e. The van der Waals surface area contributed by atoms with E-state index in [1.54, 1.807) is 12.1 Å². The molecule has 3 aromatic rings. The van der Waals surface area contributed by atoms with E-state index >= 15 is 0 Å². The van der Waals surface area contributed by atoms with Gasteiger partial charge in [0, 0.05) is 21.3 Å². The second kappa shape index (κ2) is 9.50.